The molecule has 0 spiro atoms. The van der Waals surface area contributed by atoms with Crippen LogP contribution in [-0.2, 0) is 0 Å². The zero-order valence-electron chi connectivity index (χ0n) is 11.4. The van der Waals surface area contributed by atoms with E-state index >= 15 is 0 Å². The highest BCUT2D eigenvalue weighted by Crippen LogP contribution is 2.21. The fourth-order valence-corrected chi connectivity index (χ4v) is 2.61. The van der Waals surface area contributed by atoms with Crippen molar-refractivity contribution in [3.8, 4) is 5.82 Å². The smallest absolute Gasteiger partial charge is 0.247 e. The molecule has 0 aliphatic carbocycles. The van der Waals surface area contributed by atoms with Gasteiger partial charge in [0.15, 0.2) is 11.5 Å². The van der Waals surface area contributed by atoms with E-state index in [4.69, 9.17) is 5.73 Å². The number of H-pyrrole nitrogens is 1. The SMILES string of the molecule is Nc1nc(N2CCCCC2)nn1-c1ncnc2nc[nH]c12. The van der Waals surface area contributed by atoms with Crippen LogP contribution in [0.4, 0.5) is 11.9 Å². The summed E-state index contributed by atoms with van der Waals surface area (Å²) in [6, 6.07) is 0. The summed E-state index contributed by atoms with van der Waals surface area (Å²) in [4.78, 5) is 22.0. The molecule has 4 heterocycles. The zero-order chi connectivity index (χ0) is 14.2. The molecule has 3 aromatic heterocycles. The Hall–Kier alpha value is -2.71. The second-order valence-corrected chi connectivity index (χ2v) is 5.03. The van der Waals surface area contributed by atoms with Crippen molar-refractivity contribution in [2.24, 2.45) is 0 Å². The van der Waals surface area contributed by atoms with Crippen LogP contribution in [0, 0.1) is 0 Å². The van der Waals surface area contributed by atoms with Crippen LogP contribution in [0.1, 0.15) is 19.3 Å². The largest absolute Gasteiger partial charge is 0.368 e. The molecule has 21 heavy (non-hydrogen) atoms. The van der Waals surface area contributed by atoms with E-state index in [9.17, 15) is 0 Å². The lowest BCUT2D eigenvalue weighted by molar-refractivity contribution is 0.567. The van der Waals surface area contributed by atoms with Crippen molar-refractivity contribution in [2.45, 2.75) is 19.3 Å². The minimum absolute atomic E-state index is 0.310. The van der Waals surface area contributed by atoms with Crippen LogP contribution in [0.3, 0.4) is 0 Å². The highest BCUT2D eigenvalue weighted by atomic mass is 15.5. The van der Waals surface area contributed by atoms with Crippen LogP contribution in [-0.4, -0.2) is 47.8 Å². The number of nitrogen functional groups attached to an aromatic ring is 1. The highest BCUT2D eigenvalue weighted by Gasteiger charge is 2.19. The second kappa shape index (κ2) is 4.69. The Morgan fingerprint density at radius 2 is 1.95 bits per heavy atom. The molecule has 4 rings (SSSR count). The van der Waals surface area contributed by atoms with E-state index in [1.54, 1.807) is 6.33 Å². The Morgan fingerprint density at radius 3 is 2.81 bits per heavy atom. The number of hydrogen-bond acceptors (Lipinski definition) is 7. The maximum atomic E-state index is 6.01. The summed E-state index contributed by atoms with van der Waals surface area (Å²) in [6.07, 6.45) is 6.59. The molecule has 0 radical (unpaired) electrons. The average molecular weight is 285 g/mol. The standard InChI is InChI=1S/C12H15N9/c13-11-18-12(20-4-2-1-3-5-20)19-21(11)10-8-9(15-6-14-8)16-7-17-10/h6-7H,1-5H2,(H2,13,18,19)(H,14,15,16,17). The monoisotopic (exact) mass is 285 g/mol. The quantitative estimate of drug-likeness (QED) is 0.704. The maximum Gasteiger partial charge on any atom is 0.247 e. The lowest BCUT2D eigenvalue weighted by Crippen LogP contribution is -2.30. The third-order valence-electron chi connectivity index (χ3n) is 3.66. The van der Waals surface area contributed by atoms with E-state index < -0.39 is 0 Å². The number of rotatable bonds is 2. The van der Waals surface area contributed by atoms with Crippen LogP contribution >= 0.6 is 0 Å². The Bertz CT molecular complexity index is 768. The van der Waals surface area contributed by atoms with Crippen molar-refractivity contribution in [3.05, 3.63) is 12.7 Å². The van der Waals surface area contributed by atoms with Gasteiger partial charge in [-0.1, -0.05) is 0 Å². The number of piperidine rings is 1. The van der Waals surface area contributed by atoms with E-state index in [1.165, 1.54) is 17.4 Å². The summed E-state index contributed by atoms with van der Waals surface area (Å²) < 4.78 is 1.53. The Labute approximate surface area is 120 Å². The Morgan fingerprint density at radius 1 is 1.10 bits per heavy atom. The van der Waals surface area contributed by atoms with Crippen molar-refractivity contribution in [2.75, 3.05) is 23.7 Å². The first-order valence-corrected chi connectivity index (χ1v) is 6.95. The molecule has 0 saturated carbocycles. The topological polar surface area (TPSA) is 114 Å². The molecule has 0 atom stereocenters. The fraction of sp³-hybridized carbons (Fsp3) is 0.417. The third kappa shape index (κ3) is 1.97. The van der Waals surface area contributed by atoms with Gasteiger partial charge in [-0.25, -0.2) is 15.0 Å². The van der Waals surface area contributed by atoms with Gasteiger partial charge in [0.05, 0.1) is 6.33 Å². The molecule has 9 nitrogen and oxygen atoms in total. The first kappa shape index (κ1) is 12.1. The molecule has 3 aromatic rings. The third-order valence-corrected chi connectivity index (χ3v) is 3.66. The maximum absolute atomic E-state index is 6.01. The fourth-order valence-electron chi connectivity index (χ4n) is 2.61. The summed E-state index contributed by atoms with van der Waals surface area (Å²) in [5.41, 5.74) is 7.28. The van der Waals surface area contributed by atoms with Gasteiger partial charge in [-0.3, -0.25) is 0 Å². The van der Waals surface area contributed by atoms with Crippen molar-refractivity contribution >= 4 is 23.1 Å². The number of nitrogens with one attached hydrogen (secondary N) is 1. The number of hydrogen-bond donors (Lipinski definition) is 2. The molecule has 0 unspecified atom stereocenters. The Kier molecular flexibility index (Phi) is 2.69. The molecule has 1 fully saturated rings. The van der Waals surface area contributed by atoms with Gasteiger partial charge in [0, 0.05) is 13.1 Å². The van der Waals surface area contributed by atoms with Gasteiger partial charge in [-0.05, 0) is 19.3 Å². The summed E-state index contributed by atoms with van der Waals surface area (Å²) >= 11 is 0. The summed E-state index contributed by atoms with van der Waals surface area (Å²) in [5, 5.41) is 4.50. The molecule has 9 heteroatoms. The van der Waals surface area contributed by atoms with Gasteiger partial charge in [-0.2, -0.15) is 9.67 Å². The van der Waals surface area contributed by atoms with E-state index in [2.05, 4.69) is 34.9 Å². The van der Waals surface area contributed by atoms with Gasteiger partial charge in [0.1, 0.15) is 11.8 Å². The highest BCUT2D eigenvalue weighted by molar-refractivity contribution is 5.77. The van der Waals surface area contributed by atoms with Gasteiger partial charge in [0.2, 0.25) is 11.9 Å². The summed E-state index contributed by atoms with van der Waals surface area (Å²) in [6.45, 7) is 1.93. The van der Waals surface area contributed by atoms with Crippen molar-refractivity contribution in [3.63, 3.8) is 0 Å². The number of fused-ring (bicyclic) bond motifs is 1. The lowest BCUT2D eigenvalue weighted by Gasteiger charge is -2.24. The van der Waals surface area contributed by atoms with Gasteiger partial charge in [0.25, 0.3) is 0 Å². The normalized spacial score (nSPS) is 15.7. The van der Waals surface area contributed by atoms with E-state index in [0.29, 0.717) is 28.9 Å². The molecule has 3 N–H and O–H groups in total. The summed E-state index contributed by atoms with van der Waals surface area (Å²) in [7, 11) is 0. The second-order valence-electron chi connectivity index (χ2n) is 5.03. The summed E-state index contributed by atoms with van der Waals surface area (Å²) in [5.74, 6) is 1.52. The van der Waals surface area contributed by atoms with Crippen molar-refractivity contribution in [1.82, 2.24) is 34.7 Å². The number of aromatic nitrogens is 7. The number of aromatic amines is 1. The molecule has 108 valence electrons. The predicted molar refractivity (Wildman–Crippen MR) is 77.1 cm³/mol. The lowest BCUT2D eigenvalue weighted by atomic mass is 10.1. The van der Waals surface area contributed by atoms with Crippen LogP contribution in [0.25, 0.3) is 17.0 Å². The molecule has 1 aliphatic heterocycles. The first-order valence-electron chi connectivity index (χ1n) is 6.95. The Balaban J connectivity index is 1.78. The van der Waals surface area contributed by atoms with Gasteiger partial charge in [-0.15, -0.1) is 5.10 Å². The zero-order valence-corrected chi connectivity index (χ0v) is 11.4. The van der Waals surface area contributed by atoms with Gasteiger partial charge >= 0.3 is 0 Å². The number of anilines is 2. The van der Waals surface area contributed by atoms with Crippen molar-refractivity contribution < 1.29 is 0 Å². The molecule has 0 amide bonds. The molecule has 0 aromatic carbocycles. The van der Waals surface area contributed by atoms with Gasteiger partial charge < -0.3 is 15.6 Å². The van der Waals surface area contributed by atoms with E-state index in [1.807, 2.05) is 0 Å². The van der Waals surface area contributed by atoms with Crippen molar-refractivity contribution in [1.29, 1.82) is 0 Å². The molecular formula is C12H15N9. The van der Waals surface area contributed by atoms with E-state index in [0.717, 1.165) is 25.9 Å². The molecule has 0 bridgehead atoms. The molecular weight excluding hydrogens is 270 g/mol. The van der Waals surface area contributed by atoms with Crippen LogP contribution in [0.2, 0.25) is 0 Å². The van der Waals surface area contributed by atoms with Crippen LogP contribution in [0.5, 0.6) is 0 Å². The minimum atomic E-state index is 0.310. The predicted octanol–water partition coefficient (Wildman–Crippen LogP) is 0.506. The molecule has 1 aliphatic rings. The minimum Gasteiger partial charge on any atom is -0.368 e. The number of nitrogens with two attached hydrogens (primary N) is 1. The first-order chi connectivity index (χ1) is 10.3. The van der Waals surface area contributed by atoms with E-state index in [-0.39, 0.29) is 0 Å². The average Bonchev–Trinajstić information content (AvgIpc) is 3.14. The number of imidazole rings is 1. The van der Waals surface area contributed by atoms with Crippen LogP contribution in [0.15, 0.2) is 12.7 Å². The van der Waals surface area contributed by atoms with Crippen LogP contribution < -0.4 is 10.6 Å². The number of nitrogens with zero attached hydrogens (tertiary/aromatic N) is 7. The molecule has 1 saturated heterocycles.